The summed E-state index contributed by atoms with van der Waals surface area (Å²) < 4.78 is 32.1. The van der Waals surface area contributed by atoms with Gasteiger partial charge in [0, 0.05) is 30.6 Å². The smallest absolute Gasteiger partial charge is 0.243 e. The first-order chi connectivity index (χ1) is 9.88. The Morgan fingerprint density at radius 1 is 1.38 bits per heavy atom. The molecule has 0 fully saturated rings. The Labute approximate surface area is 137 Å². The average Bonchev–Trinajstić information content (AvgIpc) is 2.47. The van der Waals surface area contributed by atoms with Crippen LogP contribution in [0.4, 0.5) is 0 Å². The molecule has 1 aromatic rings. The predicted octanol–water partition coefficient (Wildman–Crippen LogP) is 3.51. The van der Waals surface area contributed by atoms with E-state index in [1.165, 1.54) is 16.4 Å². The molecule has 0 aliphatic rings. The summed E-state index contributed by atoms with van der Waals surface area (Å²) in [6.07, 6.45) is 0.721. The molecule has 1 atom stereocenters. The van der Waals surface area contributed by atoms with E-state index in [9.17, 15) is 8.42 Å². The van der Waals surface area contributed by atoms with Gasteiger partial charge in [-0.2, -0.15) is 4.31 Å². The third kappa shape index (κ3) is 4.57. The molecule has 0 amide bonds. The highest BCUT2D eigenvalue weighted by Crippen LogP contribution is 2.25. The number of sulfonamides is 1. The predicted molar refractivity (Wildman–Crippen MR) is 86.5 cm³/mol. The zero-order chi connectivity index (χ0) is 16.0. The second-order valence-corrected chi connectivity index (χ2v) is 7.32. The molecule has 0 spiro atoms. The Kier molecular flexibility index (Phi) is 7.44. The van der Waals surface area contributed by atoms with E-state index in [2.05, 4.69) is 0 Å². The second-order valence-electron chi connectivity index (χ2n) is 4.75. The van der Waals surface area contributed by atoms with Gasteiger partial charge in [0.25, 0.3) is 0 Å². The van der Waals surface area contributed by atoms with Gasteiger partial charge >= 0.3 is 0 Å². The highest BCUT2D eigenvalue weighted by atomic mass is 35.5. The van der Waals surface area contributed by atoms with Gasteiger partial charge in [0.15, 0.2) is 0 Å². The molecule has 7 heteroatoms. The van der Waals surface area contributed by atoms with Crippen molar-refractivity contribution in [2.45, 2.75) is 37.1 Å². The number of ether oxygens (including phenoxy) is 1. The van der Waals surface area contributed by atoms with E-state index < -0.39 is 10.0 Å². The van der Waals surface area contributed by atoms with E-state index in [1.807, 2.05) is 13.8 Å². The summed E-state index contributed by atoms with van der Waals surface area (Å²) in [4.78, 5) is 0.207. The summed E-state index contributed by atoms with van der Waals surface area (Å²) in [6.45, 7) is 4.49. The van der Waals surface area contributed by atoms with Gasteiger partial charge in [0.05, 0.1) is 11.5 Å². The molecular formula is C14H21Cl2NO3S. The van der Waals surface area contributed by atoms with Crippen LogP contribution in [0.5, 0.6) is 0 Å². The third-order valence-corrected chi connectivity index (χ3v) is 6.03. The number of alkyl halides is 1. The van der Waals surface area contributed by atoms with Crippen LogP contribution in [-0.4, -0.2) is 39.0 Å². The van der Waals surface area contributed by atoms with Crippen LogP contribution in [0.15, 0.2) is 23.1 Å². The maximum Gasteiger partial charge on any atom is 0.243 e. The summed E-state index contributed by atoms with van der Waals surface area (Å²) >= 11 is 11.8. The molecule has 1 aromatic carbocycles. The summed E-state index contributed by atoms with van der Waals surface area (Å²) in [5, 5.41) is 0.468. The summed E-state index contributed by atoms with van der Waals surface area (Å²) in [5.41, 5.74) is 0.607. The first-order valence-electron chi connectivity index (χ1n) is 6.73. The molecule has 0 aliphatic heterocycles. The van der Waals surface area contributed by atoms with Crippen LogP contribution in [0.25, 0.3) is 0 Å². The third-order valence-electron chi connectivity index (χ3n) is 3.37. The molecule has 1 unspecified atom stereocenters. The monoisotopic (exact) mass is 353 g/mol. The zero-order valence-corrected chi connectivity index (χ0v) is 14.8. The number of rotatable bonds is 8. The Morgan fingerprint density at radius 2 is 2.05 bits per heavy atom. The topological polar surface area (TPSA) is 46.6 Å². The number of methoxy groups -OCH3 is 1. The van der Waals surface area contributed by atoms with Gasteiger partial charge in [-0.1, -0.05) is 18.5 Å². The lowest BCUT2D eigenvalue weighted by molar-refractivity contribution is 0.167. The van der Waals surface area contributed by atoms with Crippen molar-refractivity contribution in [3.05, 3.63) is 28.8 Å². The van der Waals surface area contributed by atoms with E-state index >= 15 is 0 Å². The van der Waals surface area contributed by atoms with Gasteiger partial charge < -0.3 is 4.74 Å². The first kappa shape index (κ1) is 18.7. The number of nitrogens with zero attached hydrogens (tertiary/aromatic N) is 1. The second kappa shape index (κ2) is 8.34. The fourth-order valence-electron chi connectivity index (χ4n) is 1.91. The van der Waals surface area contributed by atoms with Crippen molar-refractivity contribution < 1.29 is 13.2 Å². The van der Waals surface area contributed by atoms with Crippen LogP contribution >= 0.6 is 23.2 Å². The number of hydrogen-bond acceptors (Lipinski definition) is 3. The standard InChI is InChI=1S/C14H21Cl2NO3S/c1-4-11(2)17(7-8-20-3)21(18,19)13-5-6-14(16)12(9-13)10-15/h5-6,9,11H,4,7-8,10H2,1-3H3. The highest BCUT2D eigenvalue weighted by Gasteiger charge is 2.28. The minimum absolute atomic E-state index is 0.111. The van der Waals surface area contributed by atoms with Crippen molar-refractivity contribution in [3.63, 3.8) is 0 Å². The fraction of sp³-hybridized carbons (Fsp3) is 0.571. The van der Waals surface area contributed by atoms with E-state index in [0.717, 1.165) is 6.42 Å². The maximum absolute atomic E-state index is 12.8. The minimum atomic E-state index is -3.60. The Bertz CT molecular complexity index is 563. The van der Waals surface area contributed by atoms with Crippen molar-refractivity contribution >= 4 is 33.2 Å². The molecule has 0 heterocycles. The zero-order valence-electron chi connectivity index (χ0n) is 12.5. The lowest BCUT2D eigenvalue weighted by Gasteiger charge is -2.27. The first-order valence-corrected chi connectivity index (χ1v) is 9.08. The molecule has 0 aromatic heterocycles. The lowest BCUT2D eigenvalue weighted by atomic mass is 10.2. The van der Waals surface area contributed by atoms with E-state index in [-0.39, 0.29) is 16.8 Å². The van der Waals surface area contributed by atoms with Crippen LogP contribution in [0.3, 0.4) is 0 Å². The van der Waals surface area contributed by atoms with Gasteiger partial charge in [-0.25, -0.2) is 8.42 Å². The minimum Gasteiger partial charge on any atom is -0.383 e. The molecule has 0 N–H and O–H groups in total. The molecule has 0 bridgehead atoms. The van der Waals surface area contributed by atoms with Gasteiger partial charge in [-0.15, -0.1) is 11.6 Å². The molecule has 0 saturated carbocycles. The summed E-state index contributed by atoms with van der Waals surface area (Å²) in [5.74, 6) is 0.170. The summed E-state index contributed by atoms with van der Waals surface area (Å²) in [7, 11) is -2.05. The van der Waals surface area contributed by atoms with Crippen molar-refractivity contribution in [2.24, 2.45) is 0 Å². The molecule has 0 saturated heterocycles. The molecule has 21 heavy (non-hydrogen) atoms. The Morgan fingerprint density at radius 3 is 2.57 bits per heavy atom. The molecule has 4 nitrogen and oxygen atoms in total. The molecule has 0 aliphatic carbocycles. The van der Waals surface area contributed by atoms with Crippen molar-refractivity contribution in [3.8, 4) is 0 Å². The summed E-state index contributed by atoms with van der Waals surface area (Å²) in [6, 6.07) is 4.50. The molecule has 0 radical (unpaired) electrons. The van der Waals surface area contributed by atoms with E-state index in [1.54, 1.807) is 13.2 Å². The van der Waals surface area contributed by atoms with Crippen LogP contribution < -0.4 is 0 Å². The maximum atomic E-state index is 12.8. The van der Waals surface area contributed by atoms with Crippen LogP contribution in [0.1, 0.15) is 25.8 Å². The fourth-order valence-corrected chi connectivity index (χ4v) is 4.13. The van der Waals surface area contributed by atoms with Crippen molar-refractivity contribution in [1.29, 1.82) is 0 Å². The average molecular weight is 354 g/mol. The van der Waals surface area contributed by atoms with Gasteiger partial charge in [0.2, 0.25) is 10.0 Å². The van der Waals surface area contributed by atoms with Crippen molar-refractivity contribution in [1.82, 2.24) is 4.31 Å². The number of hydrogen-bond donors (Lipinski definition) is 0. The van der Waals surface area contributed by atoms with Crippen LogP contribution in [0.2, 0.25) is 5.02 Å². The Balaban J connectivity index is 3.21. The van der Waals surface area contributed by atoms with Crippen molar-refractivity contribution in [2.75, 3.05) is 20.3 Å². The van der Waals surface area contributed by atoms with E-state index in [0.29, 0.717) is 23.7 Å². The lowest BCUT2D eigenvalue weighted by Crippen LogP contribution is -2.40. The number of benzene rings is 1. The van der Waals surface area contributed by atoms with Gasteiger partial charge in [0.1, 0.15) is 0 Å². The normalized spacial score (nSPS) is 13.6. The quantitative estimate of drug-likeness (QED) is 0.671. The molecular weight excluding hydrogens is 333 g/mol. The van der Waals surface area contributed by atoms with E-state index in [4.69, 9.17) is 27.9 Å². The number of halogens is 2. The molecule has 120 valence electrons. The van der Waals surface area contributed by atoms with Gasteiger partial charge in [-0.05, 0) is 37.1 Å². The van der Waals surface area contributed by atoms with Crippen LogP contribution in [0, 0.1) is 0 Å². The highest BCUT2D eigenvalue weighted by molar-refractivity contribution is 7.89. The molecule has 1 rings (SSSR count). The largest absolute Gasteiger partial charge is 0.383 e. The SMILES string of the molecule is CCC(C)N(CCOC)S(=O)(=O)c1ccc(Cl)c(CCl)c1. The van der Waals surface area contributed by atoms with Gasteiger partial charge in [-0.3, -0.25) is 0 Å². The van der Waals surface area contributed by atoms with Crippen LogP contribution in [-0.2, 0) is 20.6 Å². The Hall–Kier alpha value is -0.330.